The molecule has 9 nitrogen and oxygen atoms in total. The average molecular weight is 554 g/mol. The Balaban J connectivity index is 2.41. The van der Waals surface area contributed by atoms with E-state index < -0.39 is 0 Å². The third-order valence-electron chi connectivity index (χ3n) is 6.29. The van der Waals surface area contributed by atoms with Gasteiger partial charge in [-0.15, -0.1) is 0 Å². The molecule has 0 spiro atoms. The number of methoxy groups -OCH3 is 1. The van der Waals surface area contributed by atoms with Crippen molar-refractivity contribution in [1.82, 2.24) is 4.90 Å². The minimum absolute atomic E-state index is 0.0151. The van der Waals surface area contributed by atoms with Crippen LogP contribution in [0.25, 0.3) is 0 Å². The van der Waals surface area contributed by atoms with Crippen LogP contribution in [0.15, 0.2) is 54.5 Å². The number of anilines is 3. The van der Waals surface area contributed by atoms with Crippen LogP contribution in [0.3, 0.4) is 0 Å². The van der Waals surface area contributed by atoms with Crippen molar-refractivity contribution in [1.29, 1.82) is 5.41 Å². The molecule has 0 atom stereocenters. The van der Waals surface area contributed by atoms with Gasteiger partial charge in [-0.2, -0.15) is 0 Å². The molecule has 0 fully saturated rings. The van der Waals surface area contributed by atoms with E-state index in [-0.39, 0.29) is 17.2 Å². The molecule has 0 unspecified atom stereocenters. The first kappa shape index (κ1) is 31.6. The van der Waals surface area contributed by atoms with Crippen molar-refractivity contribution < 1.29 is 9.53 Å². The Morgan fingerprint density at radius 1 is 1.21 bits per heavy atom. The van der Waals surface area contributed by atoms with E-state index in [1.165, 1.54) is 23.2 Å². The van der Waals surface area contributed by atoms with Gasteiger partial charge in [0.2, 0.25) is 0 Å². The summed E-state index contributed by atoms with van der Waals surface area (Å²) < 4.78 is 8.91. The Kier molecular flexibility index (Phi) is 10.5. The number of likely N-dealkylation sites (N-methyl/N-ethyl adjacent to an activating group) is 1. The number of ether oxygens (including phenoxy) is 1. The molecule has 0 aromatic heterocycles. The van der Waals surface area contributed by atoms with Crippen molar-refractivity contribution >= 4 is 40.8 Å². The Bertz CT molecular complexity index is 1270. The summed E-state index contributed by atoms with van der Waals surface area (Å²) in [5.41, 5.74) is 11.1. The molecule has 0 aliphatic heterocycles. The number of amides is 1. The molecular formula is C29H43N7O2S. The van der Waals surface area contributed by atoms with Crippen molar-refractivity contribution in [2.45, 2.75) is 47.0 Å². The van der Waals surface area contributed by atoms with Gasteiger partial charge in [0, 0.05) is 31.0 Å². The lowest BCUT2D eigenvalue weighted by Crippen LogP contribution is -2.33. The molecule has 0 aliphatic carbocycles. The number of nitrogens with one attached hydrogen (secondary N) is 3. The van der Waals surface area contributed by atoms with E-state index in [0.29, 0.717) is 39.9 Å². The van der Waals surface area contributed by atoms with Crippen molar-refractivity contribution in [2.75, 3.05) is 35.5 Å². The van der Waals surface area contributed by atoms with E-state index in [0.717, 1.165) is 16.8 Å². The summed E-state index contributed by atoms with van der Waals surface area (Å²) in [7, 11) is 3.32. The van der Waals surface area contributed by atoms with Gasteiger partial charge in [0.1, 0.15) is 5.84 Å². The predicted octanol–water partition coefficient (Wildman–Crippen LogP) is 5.80. The summed E-state index contributed by atoms with van der Waals surface area (Å²) in [4.78, 5) is 15.0. The largest absolute Gasteiger partial charge is 0.492 e. The molecule has 10 heteroatoms. The minimum Gasteiger partial charge on any atom is -0.492 e. The zero-order valence-electron chi connectivity index (χ0n) is 24.5. The van der Waals surface area contributed by atoms with Gasteiger partial charge in [-0.1, -0.05) is 59.2 Å². The van der Waals surface area contributed by atoms with Crippen LogP contribution in [0.2, 0.25) is 0 Å². The molecule has 0 saturated heterocycles. The summed E-state index contributed by atoms with van der Waals surface area (Å²) >= 11 is 1.45. The van der Waals surface area contributed by atoms with Crippen LogP contribution in [0, 0.1) is 18.3 Å². The number of hydrogen-bond donors (Lipinski definition) is 5. The van der Waals surface area contributed by atoms with Gasteiger partial charge in [-0.25, -0.2) is 5.84 Å². The van der Waals surface area contributed by atoms with Crippen molar-refractivity contribution in [2.24, 2.45) is 17.5 Å². The fraction of sp³-hybridized carbons (Fsp3) is 0.379. The van der Waals surface area contributed by atoms with E-state index in [1.54, 1.807) is 31.2 Å². The SMILES string of the molecule is C=C(/C(N)=C/N(N)c1cc(C(=O)Nc2cc(C(C)(C)C)cc(NSC)c2OC)ccc1C)N(C)C(=N)C(C)C. The first-order chi connectivity index (χ1) is 18.1. The Labute approximate surface area is 237 Å². The molecule has 0 radical (unpaired) electrons. The Morgan fingerprint density at radius 3 is 2.36 bits per heavy atom. The lowest BCUT2D eigenvalue weighted by Gasteiger charge is -2.26. The van der Waals surface area contributed by atoms with Gasteiger partial charge in [0.05, 0.1) is 35.6 Å². The van der Waals surface area contributed by atoms with E-state index in [1.807, 2.05) is 45.2 Å². The highest BCUT2D eigenvalue weighted by molar-refractivity contribution is 7.99. The second-order valence-electron chi connectivity index (χ2n) is 10.7. The summed E-state index contributed by atoms with van der Waals surface area (Å²) in [5, 5.41) is 12.6. The zero-order chi connectivity index (χ0) is 29.7. The number of benzene rings is 2. The molecule has 0 bridgehead atoms. The molecule has 212 valence electrons. The quantitative estimate of drug-likeness (QED) is 0.0622. The Hall–Kier alpha value is -3.63. The average Bonchev–Trinajstić information content (AvgIpc) is 2.86. The van der Waals surface area contributed by atoms with Crippen LogP contribution >= 0.6 is 11.9 Å². The molecule has 2 aromatic rings. The summed E-state index contributed by atoms with van der Waals surface area (Å²) in [6, 6.07) is 9.25. The van der Waals surface area contributed by atoms with Gasteiger partial charge in [0.15, 0.2) is 5.75 Å². The van der Waals surface area contributed by atoms with Crippen LogP contribution < -0.4 is 31.4 Å². The van der Waals surface area contributed by atoms with Gasteiger partial charge < -0.3 is 25.4 Å². The number of carbonyl (C=O) groups excluding carboxylic acids is 1. The van der Waals surface area contributed by atoms with E-state index >= 15 is 0 Å². The number of hydrazine groups is 1. The second-order valence-corrected chi connectivity index (χ2v) is 11.3. The number of amidine groups is 1. The topological polar surface area (TPSA) is 133 Å². The first-order valence-corrected chi connectivity index (χ1v) is 13.8. The third kappa shape index (κ3) is 7.70. The van der Waals surface area contributed by atoms with Crippen molar-refractivity contribution in [3.63, 3.8) is 0 Å². The number of nitrogens with two attached hydrogens (primary N) is 2. The number of carbonyl (C=O) groups is 1. The maximum Gasteiger partial charge on any atom is 0.255 e. The van der Waals surface area contributed by atoms with E-state index in [4.69, 9.17) is 21.7 Å². The Morgan fingerprint density at radius 2 is 1.82 bits per heavy atom. The second kappa shape index (κ2) is 12.9. The third-order valence-corrected chi connectivity index (χ3v) is 6.72. The number of hydrogen-bond acceptors (Lipinski definition) is 8. The van der Waals surface area contributed by atoms with Crippen molar-refractivity contribution in [3.05, 3.63) is 71.2 Å². The monoisotopic (exact) mass is 553 g/mol. The fourth-order valence-corrected chi connectivity index (χ4v) is 4.18. The lowest BCUT2D eigenvalue weighted by molar-refractivity contribution is 0.102. The lowest BCUT2D eigenvalue weighted by atomic mass is 9.86. The molecule has 39 heavy (non-hydrogen) atoms. The van der Waals surface area contributed by atoms with E-state index in [2.05, 4.69) is 37.4 Å². The van der Waals surface area contributed by atoms with Gasteiger partial charge in [-0.3, -0.25) is 15.2 Å². The molecule has 2 rings (SSSR count). The molecule has 2 aromatic carbocycles. The fourth-order valence-electron chi connectivity index (χ4n) is 3.80. The van der Waals surface area contributed by atoms with Gasteiger partial charge in [-0.05, 0) is 47.7 Å². The maximum atomic E-state index is 13.4. The minimum atomic E-state index is -0.310. The highest BCUT2D eigenvalue weighted by Gasteiger charge is 2.22. The van der Waals surface area contributed by atoms with Gasteiger partial charge in [0.25, 0.3) is 5.91 Å². The summed E-state index contributed by atoms with van der Waals surface area (Å²) in [5.74, 6) is 7.00. The maximum absolute atomic E-state index is 13.4. The molecule has 7 N–H and O–H groups in total. The smallest absolute Gasteiger partial charge is 0.255 e. The number of nitrogens with zero attached hydrogens (tertiary/aromatic N) is 2. The van der Waals surface area contributed by atoms with Gasteiger partial charge >= 0.3 is 0 Å². The highest BCUT2D eigenvalue weighted by Crippen LogP contribution is 2.39. The normalized spacial score (nSPS) is 11.7. The molecule has 0 heterocycles. The van der Waals surface area contributed by atoms with Crippen LogP contribution in [0.5, 0.6) is 5.75 Å². The zero-order valence-corrected chi connectivity index (χ0v) is 25.3. The van der Waals surface area contributed by atoms with Crippen molar-refractivity contribution in [3.8, 4) is 5.75 Å². The highest BCUT2D eigenvalue weighted by atomic mass is 32.2. The van der Waals surface area contributed by atoms with E-state index in [9.17, 15) is 4.79 Å². The standard InChI is InChI=1S/C29H43N7O2S/c1-17(2)27(31)35(8)19(4)22(30)16-36(32)25-13-20(12-11-18(25)3)28(37)33-23-14-21(29(5,6)7)15-24(34-39-10)26(23)38-9/h11-17,31,34H,4,30,32H2,1-3,5-10H3,(H,33,37)/b22-16-,31-27?. The molecular weight excluding hydrogens is 510 g/mol. The molecule has 0 saturated carbocycles. The van der Waals surface area contributed by atoms with Crippen LogP contribution in [0.1, 0.15) is 56.1 Å². The first-order valence-electron chi connectivity index (χ1n) is 12.6. The molecule has 0 aliphatic rings. The number of rotatable bonds is 10. The summed E-state index contributed by atoms with van der Waals surface area (Å²) in [6.07, 6.45) is 3.46. The van der Waals surface area contributed by atoms with Crippen LogP contribution in [-0.2, 0) is 5.41 Å². The predicted molar refractivity (Wildman–Crippen MR) is 166 cm³/mol. The molecule has 1 amide bonds. The van der Waals surface area contributed by atoms with Crippen LogP contribution in [-0.4, -0.2) is 37.1 Å². The number of aryl methyl sites for hydroxylation is 1. The van der Waals surface area contributed by atoms with Crippen LogP contribution in [0.4, 0.5) is 17.1 Å². The summed E-state index contributed by atoms with van der Waals surface area (Å²) in [6.45, 7) is 16.1.